The Morgan fingerprint density at radius 3 is 2.33 bits per heavy atom. The van der Waals surface area contributed by atoms with Crippen molar-refractivity contribution in [2.75, 3.05) is 39.6 Å². The quantitative estimate of drug-likeness (QED) is 0.767. The maximum atomic E-state index is 11.7. The van der Waals surface area contributed by atoms with E-state index in [0.29, 0.717) is 19.1 Å². The van der Waals surface area contributed by atoms with Gasteiger partial charge in [-0.3, -0.25) is 4.90 Å². The van der Waals surface area contributed by atoms with Crippen molar-refractivity contribution in [3.63, 3.8) is 0 Å². The van der Waals surface area contributed by atoms with E-state index in [1.165, 1.54) is 38.5 Å². The Bertz CT molecular complexity index is 467. The number of hydrogen-bond donors (Lipinski definition) is 0. The average Bonchev–Trinajstić information content (AvgIpc) is 3.19. The topological polar surface area (TPSA) is 49.9 Å². The first-order valence-corrected chi connectivity index (χ1v) is 10.0. The highest BCUT2D eigenvalue weighted by Crippen LogP contribution is 2.44. The number of ether oxygens (including phenoxy) is 1. The maximum Gasteiger partial charge on any atom is 0.211 e. The zero-order chi connectivity index (χ0) is 15.1. The van der Waals surface area contributed by atoms with Crippen molar-refractivity contribution in [1.29, 1.82) is 0 Å². The van der Waals surface area contributed by atoms with Crippen LogP contribution in [-0.4, -0.2) is 68.8 Å². The van der Waals surface area contributed by atoms with Crippen LogP contribution in [0.3, 0.4) is 0 Å². The highest BCUT2D eigenvalue weighted by molar-refractivity contribution is 7.88. The lowest BCUT2D eigenvalue weighted by Gasteiger charge is -2.46. The van der Waals surface area contributed by atoms with Crippen LogP contribution in [0.4, 0.5) is 0 Å². The third kappa shape index (κ3) is 3.28. The van der Waals surface area contributed by atoms with Crippen molar-refractivity contribution >= 4 is 10.0 Å². The minimum atomic E-state index is -3.03. The van der Waals surface area contributed by atoms with Gasteiger partial charge >= 0.3 is 0 Å². The molecule has 0 unspecified atom stereocenters. The van der Waals surface area contributed by atoms with Crippen molar-refractivity contribution in [2.24, 2.45) is 5.92 Å². The van der Waals surface area contributed by atoms with Gasteiger partial charge in [0.25, 0.3) is 0 Å². The SMILES string of the molecule is COC[C@H]1CCC2(CCN(S(C)(=O)=O)CC2)N1CC1CC1. The van der Waals surface area contributed by atoms with Crippen LogP contribution < -0.4 is 0 Å². The third-order valence-electron chi connectivity index (χ3n) is 5.63. The molecule has 0 radical (unpaired) electrons. The molecule has 3 rings (SSSR count). The van der Waals surface area contributed by atoms with Crippen LogP contribution in [0.5, 0.6) is 0 Å². The van der Waals surface area contributed by atoms with Gasteiger partial charge in [0, 0.05) is 38.3 Å². The highest BCUT2D eigenvalue weighted by atomic mass is 32.2. The van der Waals surface area contributed by atoms with Crippen LogP contribution in [-0.2, 0) is 14.8 Å². The average molecular weight is 316 g/mol. The molecule has 1 spiro atoms. The lowest BCUT2D eigenvalue weighted by Crippen LogP contribution is -2.55. The third-order valence-corrected chi connectivity index (χ3v) is 6.93. The zero-order valence-corrected chi connectivity index (χ0v) is 14.1. The monoisotopic (exact) mass is 316 g/mol. The Kier molecular flexibility index (Phi) is 4.34. The van der Waals surface area contributed by atoms with E-state index in [2.05, 4.69) is 4.90 Å². The van der Waals surface area contributed by atoms with Gasteiger partial charge in [-0.1, -0.05) is 0 Å². The second-order valence-electron chi connectivity index (χ2n) is 7.13. The summed E-state index contributed by atoms with van der Waals surface area (Å²) in [5, 5.41) is 0. The van der Waals surface area contributed by atoms with E-state index < -0.39 is 10.0 Å². The van der Waals surface area contributed by atoms with Crippen molar-refractivity contribution in [3.05, 3.63) is 0 Å². The van der Waals surface area contributed by atoms with E-state index in [-0.39, 0.29) is 5.54 Å². The summed E-state index contributed by atoms with van der Waals surface area (Å²) >= 11 is 0. The van der Waals surface area contributed by atoms with Gasteiger partial charge in [-0.25, -0.2) is 12.7 Å². The molecule has 6 heteroatoms. The molecule has 0 amide bonds. The van der Waals surface area contributed by atoms with Crippen LogP contribution >= 0.6 is 0 Å². The molecule has 1 atom stereocenters. The smallest absolute Gasteiger partial charge is 0.211 e. The van der Waals surface area contributed by atoms with Gasteiger partial charge in [0.15, 0.2) is 0 Å². The summed E-state index contributed by atoms with van der Waals surface area (Å²) in [6, 6.07) is 0.528. The van der Waals surface area contributed by atoms with E-state index in [4.69, 9.17) is 4.74 Å². The summed E-state index contributed by atoms with van der Waals surface area (Å²) in [4.78, 5) is 2.69. The minimum Gasteiger partial charge on any atom is -0.383 e. The zero-order valence-electron chi connectivity index (χ0n) is 13.3. The molecule has 1 aliphatic carbocycles. The van der Waals surface area contributed by atoms with Gasteiger partial charge < -0.3 is 4.74 Å². The summed E-state index contributed by atoms with van der Waals surface area (Å²) in [7, 11) is -1.25. The van der Waals surface area contributed by atoms with E-state index in [9.17, 15) is 8.42 Å². The van der Waals surface area contributed by atoms with Crippen LogP contribution in [0.25, 0.3) is 0 Å². The number of sulfonamides is 1. The van der Waals surface area contributed by atoms with Gasteiger partial charge in [0.1, 0.15) is 0 Å². The summed E-state index contributed by atoms with van der Waals surface area (Å²) in [5.74, 6) is 0.868. The molecule has 3 fully saturated rings. The van der Waals surface area contributed by atoms with Gasteiger partial charge in [-0.2, -0.15) is 0 Å². The van der Waals surface area contributed by atoms with E-state index in [1.54, 1.807) is 11.4 Å². The van der Waals surface area contributed by atoms with Crippen molar-refractivity contribution < 1.29 is 13.2 Å². The molecule has 2 heterocycles. The fraction of sp³-hybridized carbons (Fsp3) is 1.00. The Morgan fingerprint density at radius 1 is 1.14 bits per heavy atom. The first-order chi connectivity index (χ1) is 9.94. The second-order valence-corrected chi connectivity index (χ2v) is 9.11. The number of nitrogens with zero attached hydrogens (tertiary/aromatic N) is 2. The summed E-state index contributed by atoms with van der Waals surface area (Å²) in [6.45, 7) is 3.36. The first kappa shape index (κ1) is 15.7. The lowest BCUT2D eigenvalue weighted by molar-refractivity contribution is 0.0210. The molecule has 5 nitrogen and oxygen atoms in total. The van der Waals surface area contributed by atoms with E-state index >= 15 is 0 Å². The normalized spacial score (nSPS) is 31.0. The molecular formula is C15H28N2O3S. The second kappa shape index (κ2) is 5.80. The van der Waals surface area contributed by atoms with E-state index in [0.717, 1.165) is 25.4 Å². The summed E-state index contributed by atoms with van der Waals surface area (Å²) in [5.41, 5.74) is 0.229. The molecular weight excluding hydrogens is 288 g/mol. The number of methoxy groups -OCH3 is 1. The summed E-state index contributed by atoms with van der Waals surface area (Å²) in [6.07, 6.45) is 8.41. The fourth-order valence-corrected chi connectivity index (χ4v) is 5.03. The predicted molar refractivity (Wildman–Crippen MR) is 82.7 cm³/mol. The van der Waals surface area contributed by atoms with Crippen molar-refractivity contribution in [1.82, 2.24) is 9.21 Å². The largest absolute Gasteiger partial charge is 0.383 e. The molecule has 0 aromatic carbocycles. The van der Waals surface area contributed by atoms with Gasteiger partial charge in [0.2, 0.25) is 10.0 Å². The molecule has 3 aliphatic rings. The maximum absolute atomic E-state index is 11.7. The summed E-state index contributed by atoms with van der Waals surface area (Å²) < 4.78 is 30.5. The first-order valence-electron chi connectivity index (χ1n) is 8.15. The fourth-order valence-electron chi connectivity index (χ4n) is 4.18. The predicted octanol–water partition coefficient (Wildman–Crippen LogP) is 1.30. The molecule has 0 N–H and O–H groups in total. The molecule has 0 aromatic rings. The van der Waals surface area contributed by atoms with Gasteiger partial charge in [0.05, 0.1) is 12.9 Å². The molecule has 21 heavy (non-hydrogen) atoms. The van der Waals surface area contributed by atoms with Crippen molar-refractivity contribution in [3.8, 4) is 0 Å². The van der Waals surface area contributed by atoms with Crippen LogP contribution in [0.15, 0.2) is 0 Å². The highest BCUT2D eigenvalue weighted by Gasteiger charge is 2.49. The molecule has 2 aliphatic heterocycles. The lowest BCUT2D eigenvalue weighted by atomic mass is 9.85. The number of hydrogen-bond acceptors (Lipinski definition) is 4. The molecule has 0 bridgehead atoms. The van der Waals surface area contributed by atoms with E-state index in [1.807, 2.05) is 0 Å². The molecule has 0 aromatic heterocycles. The minimum absolute atomic E-state index is 0.229. The number of likely N-dealkylation sites (tertiary alicyclic amines) is 1. The van der Waals surface area contributed by atoms with Crippen molar-refractivity contribution in [2.45, 2.75) is 50.1 Å². The van der Waals surface area contributed by atoms with Crippen LogP contribution in [0, 0.1) is 5.92 Å². The molecule has 1 saturated carbocycles. The molecule has 122 valence electrons. The standard InChI is InChI=1S/C15H28N2O3S/c1-20-12-14-5-6-15(17(14)11-13-3-4-13)7-9-16(10-8-15)21(2,18)19/h13-14H,3-12H2,1-2H3/t14-/m1/s1. The Morgan fingerprint density at radius 2 is 1.81 bits per heavy atom. The number of rotatable bonds is 5. The Labute approximate surface area is 128 Å². The number of piperidine rings is 1. The van der Waals surface area contributed by atoms with Crippen LogP contribution in [0.2, 0.25) is 0 Å². The molecule has 2 saturated heterocycles. The van der Waals surface area contributed by atoms with Crippen LogP contribution in [0.1, 0.15) is 38.5 Å². The van der Waals surface area contributed by atoms with Gasteiger partial charge in [-0.15, -0.1) is 0 Å². The Balaban J connectivity index is 1.70. The van der Waals surface area contributed by atoms with Gasteiger partial charge in [-0.05, 0) is 44.4 Å². The Hall–Kier alpha value is -0.170.